The highest BCUT2D eigenvalue weighted by Gasteiger charge is 2.27. The lowest BCUT2D eigenvalue weighted by Gasteiger charge is -2.30. The normalized spacial score (nSPS) is 12.0. The first-order valence-corrected chi connectivity index (χ1v) is 10.1. The summed E-state index contributed by atoms with van der Waals surface area (Å²) in [5, 5.41) is 4.48. The Hall–Kier alpha value is -1.75. The fraction of sp³-hybridized carbons (Fsp3) is 0.333. The molecule has 0 bridgehead atoms. The van der Waals surface area contributed by atoms with E-state index in [0.29, 0.717) is 21.6 Å². The number of carbonyl (C=O) groups excluding carboxylic acids is 2. The van der Waals surface area contributed by atoms with Crippen LogP contribution in [0, 0.1) is 5.92 Å². The standard InChI is InChI=1S/C21H23Cl3N2O2/c1-13(2)21(28)26(12-15-4-7-17(22)8-5-15)14(3)20(27)25-11-16-6-9-18(23)10-19(16)24/h4-10,13-14H,11-12H2,1-3H3,(H,25,27)/t14-/m0/s1. The average Bonchev–Trinajstić information content (AvgIpc) is 2.65. The monoisotopic (exact) mass is 440 g/mol. The van der Waals surface area contributed by atoms with E-state index in [1.165, 1.54) is 0 Å². The zero-order valence-corrected chi connectivity index (χ0v) is 18.3. The van der Waals surface area contributed by atoms with Gasteiger partial charge in [0.25, 0.3) is 0 Å². The summed E-state index contributed by atoms with van der Waals surface area (Å²) in [4.78, 5) is 27.0. The largest absolute Gasteiger partial charge is 0.350 e. The smallest absolute Gasteiger partial charge is 0.242 e. The van der Waals surface area contributed by atoms with Gasteiger partial charge in [0.15, 0.2) is 0 Å². The number of nitrogens with zero attached hydrogens (tertiary/aromatic N) is 1. The van der Waals surface area contributed by atoms with Crippen LogP contribution in [0.15, 0.2) is 42.5 Å². The van der Waals surface area contributed by atoms with Gasteiger partial charge in [0.1, 0.15) is 6.04 Å². The van der Waals surface area contributed by atoms with Gasteiger partial charge in [-0.1, -0.05) is 66.8 Å². The third kappa shape index (κ3) is 6.13. The quantitative estimate of drug-likeness (QED) is 0.631. The lowest BCUT2D eigenvalue weighted by molar-refractivity contribution is -0.143. The van der Waals surface area contributed by atoms with Crippen LogP contribution in [-0.4, -0.2) is 22.8 Å². The number of halogens is 3. The van der Waals surface area contributed by atoms with Gasteiger partial charge in [0, 0.05) is 34.1 Å². The molecule has 0 aromatic heterocycles. The van der Waals surface area contributed by atoms with Gasteiger partial charge in [-0.25, -0.2) is 0 Å². The summed E-state index contributed by atoms with van der Waals surface area (Å²) in [6.07, 6.45) is 0. The van der Waals surface area contributed by atoms with E-state index >= 15 is 0 Å². The Balaban J connectivity index is 2.11. The Bertz CT molecular complexity index is 838. The molecule has 0 unspecified atom stereocenters. The predicted molar refractivity (Wildman–Crippen MR) is 115 cm³/mol. The Morgan fingerprint density at radius 1 is 0.964 bits per heavy atom. The van der Waals surface area contributed by atoms with Gasteiger partial charge >= 0.3 is 0 Å². The molecule has 2 aromatic rings. The number of amides is 2. The van der Waals surface area contributed by atoms with Gasteiger partial charge in [-0.3, -0.25) is 9.59 Å². The molecule has 0 aliphatic rings. The van der Waals surface area contributed by atoms with Crippen LogP contribution in [0.3, 0.4) is 0 Å². The average molecular weight is 442 g/mol. The predicted octanol–water partition coefficient (Wildman–Crippen LogP) is 5.34. The van der Waals surface area contributed by atoms with Crippen LogP contribution in [0.4, 0.5) is 0 Å². The number of hydrogen-bond acceptors (Lipinski definition) is 2. The Morgan fingerprint density at radius 3 is 2.14 bits per heavy atom. The highest BCUT2D eigenvalue weighted by molar-refractivity contribution is 6.35. The number of nitrogens with one attached hydrogen (secondary N) is 1. The maximum absolute atomic E-state index is 12.7. The third-order valence-corrected chi connectivity index (χ3v) is 5.20. The first-order chi connectivity index (χ1) is 13.2. The molecule has 0 fully saturated rings. The zero-order valence-electron chi connectivity index (χ0n) is 16.0. The molecule has 150 valence electrons. The fourth-order valence-corrected chi connectivity index (χ4v) is 3.26. The van der Waals surface area contributed by atoms with Crippen molar-refractivity contribution < 1.29 is 9.59 Å². The van der Waals surface area contributed by atoms with E-state index in [0.717, 1.165) is 11.1 Å². The number of carbonyl (C=O) groups is 2. The van der Waals surface area contributed by atoms with Crippen molar-refractivity contribution in [3.8, 4) is 0 Å². The molecule has 0 heterocycles. The Morgan fingerprint density at radius 2 is 1.57 bits per heavy atom. The minimum absolute atomic E-state index is 0.0953. The van der Waals surface area contributed by atoms with Crippen molar-refractivity contribution in [3.05, 3.63) is 68.7 Å². The summed E-state index contributed by atoms with van der Waals surface area (Å²) in [6.45, 7) is 5.92. The molecule has 2 aromatic carbocycles. The van der Waals surface area contributed by atoms with Crippen LogP contribution >= 0.6 is 34.8 Å². The fourth-order valence-electron chi connectivity index (χ4n) is 2.66. The van der Waals surface area contributed by atoms with Crippen molar-refractivity contribution in [3.63, 3.8) is 0 Å². The molecule has 0 spiro atoms. The summed E-state index contributed by atoms with van der Waals surface area (Å²) in [5.41, 5.74) is 1.66. The second-order valence-corrected chi connectivity index (χ2v) is 8.16. The Labute approximate surface area is 180 Å². The molecule has 0 aliphatic carbocycles. The lowest BCUT2D eigenvalue weighted by Crippen LogP contribution is -2.48. The van der Waals surface area contributed by atoms with Crippen molar-refractivity contribution in [2.24, 2.45) is 5.92 Å². The first-order valence-electron chi connectivity index (χ1n) is 8.95. The van der Waals surface area contributed by atoms with Crippen LogP contribution in [0.25, 0.3) is 0 Å². The summed E-state index contributed by atoms with van der Waals surface area (Å²) < 4.78 is 0. The van der Waals surface area contributed by atoms with E-state index in [1.807, 2.05) is 26.0 Å². The molecule has 0 saturated carbocycles. The molecule has 1 N–H and O–H groups in total. The van der Waals surface area contributed by atoms with Gasteiger partial charge < -0.3 is 10.2 Å². The number of hydrogen-bond donors (Lipinski definition) is 1. The Kier molecular flexibility index (Phi) is 8.17. The van der Waals surface area contributed by atoms with E-state index in [1.54, 1.807) is 42.2 Å². The van der Waals surface area contributed by atoms with Crippen molar-refractivity contribution in [2.45, 2.75) is 39.9 Å². The molecule has 0 aliphatic heterocycles. The molecular weight excluding hydrogens is 419 g/mol. The van der Waals surface area contributed by atoms with Crippen molar-refractivity contribution >= 4 is 46.6 Å². The van der Waals surface area contributed by atoms with Gasteiger partial charge in [-0.15, -0.1) is 0 Å². The molecule has 1 atom stereocenters. The summed E-state index contributed by atoms with van der Waals surface area (Å²) in [7, 11) is 0. The maximum Gasteiger partial charge on any atom is 0.242 e. The van der Waals surface area contributed by atoms with E-state index in [9.17, 15) is 9.59 Å². The highest BCUT2D eigenvalue weighted by Crippen LogP contribution is 2.21. The van der Waals surface area contributed by atoms with Crippen molar-refractivity contribution in [1.82, 2.24) is 10.2 Å². The highest BCUT2D eigenvalue weighted by atomic mass is 35.5. The van der Waals surface area contributed by atoms with Gasteiger partial charge in [0.05, 0.1) is 0 Å². The van der Waals surface area contributed by atoms with Crippen molar-refractivity contribution in [2.75, 3.05) is 0 Å². The van der Waals surface area contributed by atoms with Crippen molar-refractivity contribution in [1.29, 1.82) is 0 Å². The van der Waals surface area contributed by atoms with E-state index in [4.69, 9.17) is 34.8 Å². The van der Waals surface area contributed by atoms with Crippen LogP contribution in [0.2, 0.25) is 15.1 Å². The lowest BCUT2D eigenvalue weighted by atomic mass is 10.1. The van der Waals surface area contributed by atoms with E-state index in [2.05, 4.69) is 5.32 Å². The van der Waals surface area contributed by atoms with Gasteiger partial charge in [-0.2, -0.15) is 0 Å². The van der Waals surface area contributed by atoms with Gasteiger partial charge in [0.2, 0.25) is 11.8 Å². The molecule has 2 amide bonds. The molecule has 4 nitrogen and oxygen atoms in total. The molecule has 0 saturated heterocycles. The van der Waals surface area contributed by atoms with Crippen LogP contribution in [-0.2, 0) is 22.7 Å². The second kappa shape index (κ2) is 10.1. The van der Waals surface area contributed by atoms with Crippen LogP contribution in [0.5, 0.6) is 0 Å². The van der Waals surface area contributed by atoms with E-state index in [-0.39, 0.29) is 24.3 Å². The topological polar surface area (TPSA) is 49.4 Å². The molecular formula is C21H23Cl3N2O2. The third-order valence-electron chi connectivity index (χ3n) is 4.36. The molecule has 0 radical (unpaired) electrons. The second-order valence-electron chi connectivity index (χ2n) is 6.88. The van der Waals surface area contributed by atoms with Crippen LogP contribution in [0.1, 0.15) is 31.9 Å². The zero-order chi connectivity index (χ0) is 20.8. The SMILES string of the molecule is CC(C)C(=O)N(Cc1ccc(Cl)cc1)[C@@H](C)C(=O)NCc1ccc(Cl)cc1Cl. The summed E-state index contributed by atoms with van der Waals surface area (Å²) >= 11 is 18.0. The minimum Gasteiger partial charge on any atom is -0.350 e. The minimum atomic E-state index is -0.642. The number of rotatable bonds is 7. The van der Waals surface area contributed by atoms with Gasteiger partial charge in [-0.05, 0) is 42.3 Å². The summed E-state index contributed by atoms with van der Waals surface area (Å²) in [6, 6.07) is 11.7. The first kappa shape index (κ1) is 22.5. The van der Waals surface area contributed by atoms with E-state index < -0.39 is 6.04 Å². The number of benzene rings is 2. The maximum atomic E-state index is 12.7. The molecule has 28 heavy (non-hydrogen) atoms. The molecule has 7 heteroatoms. The van der Waals surface area contributed by atoms with Crippen LogP contribution < -0.4 is 5.32 Å². The molecule has 2 rings (SSSR count). The summed E-state index contributed by atoms with van der Waals surface area (Å²) in [5.74, 6) is -0.579.